The molecule has 0 fully saturated rings. The van der Waals surface area contributed by atoms with Gasteiger partial charge >= 0.3 is 0 Å². The molecule has 0 saturated heterocycles. The molecule has 1 aromatic carbocycles. The van der Waals surface area contributed by atoms with Crippen LogP contribution >= 0.6 is 11.8 Å². The summed E-state index contributed by atoms with van der Waals surface area (Å²) in [6, 6.07) is 6.27. The van der Waals surface area contributed by atoms with E-state index in [-0.39, 0.29) is 0 Å². The van der Waals surface area contributed by atoms with Crippen LogP contribution in [0.4, 0.5) is 0 Å². The highest BCUT2D eigenvalue weighted by atomic mass is 32.2. The largest absolute Gasteiger partial charge is 0.493 e. The summed E-state index contributed by atoms with van der Waals surface area (Å²) in [5, 5.41) is 12.3. The number of nitrogens with zero attached hydrogens (tertiary/aromatic N) is 6. The number of rotatable bonds is 10. The monoisotopic (exact) mass is 386 g/mol. The average Bonchev–Trinajstić information content (AvgIpc) is 3.27. The molecule has 2 heterocycles. The van der Waals surface area contributed by atoms with Crippen molar-refractivity contribution in [1.29, 1.82) is 0 Å². The van der Waals surface area contributed by atoms with E-state index in [2.05, 4.69) is 57.3 Å². The number of tetrazole rings is 1. The van der Waals surface area contributed by atoms with Gasteiger partial charge in [-0.25, -0.2) is 9.67 Å². The van der Waals surface area contributed by atoms with Crippen LogP contribution in [0.25, 0.3) is 0 Å². The lowest BCUT2D eigenvalue weighted by Gasteiger charge is -2.14. The van der Waals surface area contributed by atoms with E-state index >= 15 is 0 Å². The van der Waals surface area contributed by atoms with Crippen molar-refractivity contribution < 1.29 is 4.74 Å². The molecule has 0 unspecified atom stereocenters. The number of hydrogen-bond acceptors (Lipinski definition) is 6. The molecule has 0 saturated carbocycles. The van der Waals surface area contributed by atoms with Crippen molar-refractivity contribution in [2.75, 3.05) is 12.4 Å². The third-order valence-corrected chi connectivity index (χ3v) is 5.47. The Morgan fingerprint density at radius 3 is 2.93 bits per heavy atom. The van der Waals surface area contributed by atoms with Gasteiger partial charge in [0.1, 0.15) is 11.6 Å². The van der Waals surface area contributed by atoms with Crippen LogP contribution in [0.3, 0.4) is 0 Å². The molecule has 3 rings (SSSR count). The fourth-order valence-corrected chi connectivity index (χ4v) is 3.62. The third kappa shape index (κ3) is 5.09. The predicted octanol–water partition coefficient (Wildman–Crippen LogP) is 3.28. The van der Waals surface area contributed by atoms with Gasteiger partial charge in [-0.1, -0.05) is 30.8 Å². The van der Waals surface area contributed by atoms with Crippen LogP contribution in [0.1, 0.15) is 36.7 Å². The molecular formula is C19H26N6OS. The molecule has 0 bridgehead atoms. The first-order chi connectivity index (χ1) is 13.2. The van der Waals surface area contributed by atoms with E-state index in [1.165, 1.54) is 11.1 Å². The fraction of sp³-hybridized carbons (Fsp3) is 0.474. The summed E-state index contributed by atoms with van der Waals surface area (Å²) in [7, 11) is 1.85. The summed E-state index contributed by atoms with van der Waals surface area (Å²) in [4.78, 5) is 4.47. The minimum Gasteiger partial charge on any atom is -0.493 e. The van der Waals surface area contributed by atoms with Gasteiger partial charge < -0.3 is 9.30 Å². The first-order valence-electron chi connectivity index (χ1n) is 9.25. The summed E-state index contributed by atoms with van der Waals surface area (Å²) >= 11 is 1.64. The van der Waals surface area contributed by atoms with Crippen molar-refractivity contribution in [3.05, 3.63) is 47.5 Å². The van der Waals surface area contributed by atoms with Gasteiger partial charge in [-0.15, -0.1) is 5.10 Å². The Bertz CT molecular complexity index is 860. The molecule has 0 aliphatic carbocycles. The molecule has 3 aromatic rings. The normalized spacial score (nSPS) is 11.1. The highest BCUT2D eigenvalue weighted by Crippen LogP contribution is 2.23. The molecule has 27 heavy (non-hydrogen) atoms. The number of ether oxygens (including phenoxy) is 1. The second-order valence-corrected chi connectivity index (χ2v) is 7.46. The van der Waals surface area contributed by atoms with Gasteiger partial charge in [0.25, 0.3) is 0 Å². The Morgan fingerprint density at radius 2 is 2.15 bits per heavy atom. The number of aryl methyl sites for hydroxylation is 2. The Balaban J connectivity index is 1.53. The zero-order valence-electron chi connectivity index (χ0n) is 16.1. The van der Waals surface area contributed by atoms with Gasteiger partial charge in [-0.2, -0.15) is 0 Å². The lowest BCUT2D eigenvalue weighted by molar-refractivity contribution is 0.316. The van der Waals surface area contributed by atoms with Crippen LogP contribution in [-0.2, 0) is 20.0 Å². The number of imidazole rings is 1. The van der Waals surface area contributed by atoms with Crippen LogP contribution < -0.4 is 4.74 Å². The van der Waals surface area contributed by atoms with Gasteiger partial charge in [0.05, 0.1) is 6.61 Å². The lowest BCUT2D eigenvalue weighted by atomic mass is 10.1. The zero-order valence-corrected chi connectivity index (χ0v) is 16.9. The van der Waals surface area contributed by atoms with Crippen molar-refractivity contribution in [3.8, 4) is 5.75 Å². The highest BCUT2D eigenvalue weighted by Gasteiger charge is 2.09. The van der Waals surface area contributed by atoms with Crippen LogP contribution in [-0.4, -0.2) is 42.1 Å². The minimum absolute atomic E-state index is 0.675. The molecule has 0 atom stereocenters. The standard InChI is InChI=1S/C19H26N6OS/c1-4-7-18-20-10-11-25(18)14-16-8-5-9-17(15(16)2)26-12-6-13-27-19-21-22-23-24(19)3/h5,8-11H,4,6-7,12-14H2,1-3H3. The molecule has 0 aliphatic heterocycles. The predicted molar refractivity (Wildman–Crippen MR) is 106 cm³/mol. The molecule has 0 amide bonds. The summed E-state index contributed by atoms with van der Waals surface area (Å²) in [6.07, 6.45) is 6.97. The maximum atomic E-state index is 6.03. The van der Waals surface area contributed by atoms with E-state index in [1.54, 1.807) is 16.4 Å². The van der Waals surface area contributed by atoms with Gasteiger partial charge in [-0.3, -0.25) is 0 Å². The summed E-state index contributed by atoms with van der Waals surface area (Å²) in [5.74, 6) is 3.01. The van der Waals surface area contributed by atoms with Gasteiger partial charge in [0.15, 0.2) is 0 Å². The molecule has 7 nitrogen and oxygen atoms in total. The second kappa shape index (κ2) is 9.55. The first kappa shape index (κ1) is 19.4. The SMILES string of the molecule is CCCc1nccn1Cc1cccc(OCCCSc2nnnn2C)c1C. The maximum Gasteiger partial charge on any atom is 0.209 e. The van der Waals surface area contributed by atoms with Crippen LogP contribution in [0, 0.1) is 6.92 Å². The van der Waals surface area contributed by atoms with Crippen molar-refractivity contribution in [2.45, 2.75) is 44.8 Å². The summed E-state index contributed by atoms with van der Waals surface area (Å²) in [6.45, 7) is 5.81. The van der Waals surface area contributed by atoms with Gasteiger partial charge in [-0.05, 0) is 47.4 Å². The zero-order chi connectivity index (χ0) is 19.1. The fourth-order valence-electron chi connectivity index (χ4n) is 2.85. The first-order valence-corrected chi connectivity index (χ1v) is 10.2. The van der Waals surface area contributed by atoms with Gasteiger partial charge in [0.2, 0.25) is 5.16 Å². The second-order valence-electron chi connectivity index (χ2n) is 6.40. The number of benzene rings is 1. The van der Waals surface area contributed by atoms with E-state index in [0.717, 1.165) is 48.3 Å². The van der Waals surface area contributed by atoms with Gasteiger partial charge in [0, 0.05) is 38.2 Å². The van der Waals surface area contributed by atoms with Crippen LogP contribution in [0.15, 0.2) is 35.7 Å². The van der Waals surface area contributed by atoms with E-state index in [1.807, 2.05) is 19.3 Å². The van der Waals surface area contributed by atoms with Crippen LogP contribution in [0.5, 0.6) is 5.75 Å². The van der Waals surface area contributed by atoms with E-state index < -0.39 is 0 Å². The maximum absolute atomic E-state index is 6.03. The number of hydrogen-bond donors (Lipinski definition) is 0. The Hall–Kier alpha value is -2.35. The van der Waals surface area contributed by atoms with Crippen molar-refractivity contribution >= 4 is 11.8 Å². The molecule has 0 N–H and O–H groups in total. The van der Waals surface area contributed by atoms with Crippen molar-refractivity contribution in [3.63, 3.8) is 0 Å². The third-order valence-electron chi connectivity index (χ3n) is 4.37. The molecule has 0 aliphatic rings. The molecule has 0 radical (unpaired) electrons. The smallest absolute Gasteiger partial charge is 0.209 e. The van der Waals surface area contributed by atoms with E-state index in [0.29, 0.717) is 6.61 Å². The number of aromatic nitrogens is 6. The Morgan fingerprint density at radius 1 is 1.26 bits per heavy atom. The average molecular weight is 387 g/mol. The lowest BCUT2D eigenvalue weighted by Crippen LogP contribution is -2.07. The minimum atomic E-state index is 0.675. The quantitative estimate of drug-likeness (QED) is 0.393. The Labute approximate surface area is 164 Å². The van der Waals surface area contributed by atoms with Crippen molar-refractivity contribution in [2.24, 2.45) is 7.05 Å². The van der Waals surface area contributed by atoms with E-state index in [4.69, 9.17) is 4.74 Å². The van der Waals surface area contributed by atoms with Crippen molar-refractivity contribution in [1.82, 2.24) is 29.8 Å². The van der Waals surface area contributed by atoms with E-state index in [9.17, 15) is 0 Å². The molecular weight excluding hydrogens is 360 g/mol. The Kier molecular flexibility index (Phi) is 6.86. The molecule has 0 spiro atoms. The topological polar surface area (TPSA) is 70.7 Å². The summed E-state index contributed by atoms with van der Waals surface area (Å²) in [5.41, 5.74) is 2.46. The highest BCUT2D eigenvalue weighted by molar-refractivity contribution is 7.99. The number of thioether (sulfide) groups is 1. The summed E-state index contributed by atoms with van der Waals surface area (Å²) < 4.78 is 9.93. The molecule has 144 valence electrons. The molecule has 8 heteroatoms. The van der Waals surface area contributed by atoms with Crippen LogP contribution in [0.2, 0.25) is 0 Å². The molecule has 2 aromatic heterocycles.